The number of ether oxygens (including phenoxy) is 2. The van der Waals surface area contributed by atoms with Crippen molar-refractivity contribution in [3.8, 4) is 23.6 Å². The first kappa shape index (κ1) is 28.8. The van der Waals surface area contributed by atoms with Crippen molar-refractivity contribution < 1.29 is 28.7 Å². The molecule has 226 valence electrons. The van der Waals surface area contributed by atoms with Crippen molar-refractivity contribution >= 4 is 57.4 Å². The fourth-order valence-corrected chi connectivity index (χ4v) is 6.48. The minimum atomic E-state index is -0.737. The summed E-state index contributed by atoms with van der Waals surface area (Å²) in [6.07, 6.45) is 0. The average molecular weight is 611 g/mol. The molecule has 0 atom stereocenters. The van der Waals surface area contributed by atoms with Gasteiger partial charge in [-0.3, -0.25) is 9.59 Å². The van der Waals surface area contributed by atoms with Crippen molar-refractivity contribution in [1.82, 2.24) is 0 Å². The van der Waals surface area contributed by atoms with Gasteiger partial charge in [0.05, 0.1) is 56.9 Å². The zero-order valence-corrected chi connectivity index (χ0v) is 25.4. The first-order valence-electron chi connectivity index (χ1n) is 14.9. The van der Waals surface area contributed by atoms with Gasteiger partial charge in [0, 0.05) is 35.3 Å². The summed E-state index contributed by atoms with van der Waals surface area (Å²) in [5.74, 6) is -1.80. The Hall–Kier alpha value is -6.00. The maximum Gasteiger partial charge on any atom is 0.345 e. The van der Waals surface area contributed by atoms with E-state index < -0.39 is 23.8 Å². The molecule has 0 fully saturated rings. The maximum absolute atomic E-state index is 13.9. The Labute approximate surface area is 264 Å². The summed E-state index contributed by atoms with van der Waals surface area (Å²) in [5, 5.41) is 19.0. The first-order chi connectivity index (χ1) is 22.0. The van der Waals surface area contributed by atoms with Crippen molar-refractivity contribution in [3.05, 3.63) is 81.9 Å². The van der Waals surface area contributed by atoms with Gasteiger partial charge in [0.1, 0.15) is 11.5 Å². The third kappa shape index (κ3) is 4.15. The van der Waals surface area contributed by atoms with Crippen LogP contribution in [0, 0.1) is 34.5 Å². The quantitative estimate of drug-likeness (QED) is 0.226. The van der Waals surface area contributed by atoms with E-state index in [0.29, 0.717) is 46.7 Å². The van der Waals surface area contributed by atoms with Crippen LogP contribution in [-0.4, -0.2) is 36.8 Å². The van der Waals surface area contributed by atoms with Gasteiger partial charge in [0.2, 0.25) is 0 Å². The Morgan fingerprint density at radius 2 is 0.978 bits per heavy atom. The second kappa shape index (κ2) is 10.3. The highest BCUT2D eigenvalue weighted by Gasteiger charge is 2.45. The van der Waals surface area contributed by atoms with E-state index in [-0.39, 0.29) is 56.8 Å². The Balaban J connectivity index is 1.40. The van der Waals surface area contributed by atoms with E-state index in [9.17, 15) is 29.7 Å². The van der Waals surface area contributed by atoms with Gasteiger partial charge in [-0.1, -0.05) is 39.8 Å². The van der Waals surface area contributed by atoms with Crippen molar-refractivity contribution in [3.63, 3.8) is 0 Å². The number of hydrogen-bond donors (Lipinski definition) is 0. The number of carbonyl (C=O) groups is 4. The van der Waals surface area contributed by atoms with Gasteiger partial charge in [-0.2, -0.15) is 10.5 Å². The third-order valence-corrected chi connectivity index (χ3v) is 8.32. The molecule has 0 radical (unpaired) electrons. The molecule has 0 saturated heterocycles. The van der Waals surface area contributed by atoms with Crippen LogP contribution in [0.3, 0.4) is 0 Å². The Bertz CT molecular complexity index is 1970. The zero-order chi connectivity index (χ0) is 32.6. The molecule has 0 unspecified atom stereocenters. The van der Waals surface area contributed by atoms with Gasteiger partial charge in [-0.15, -0.1) is 0 Å². The van der Waals surface area contributed by atoms with Crippen LogP contribution in [-0.2, 0) is 19.2 Å². The number of esters is 2. The third-order valence-electron chi connectivity index (χ3n) is 8.32. The first-order valence-corrected chi connectivity index (χ1v) is 14.9. The number of nitriles is 2. The van der Waals surface area contributed by atoms with Crippen LogP contribution in [0.15, 0.2) is 48.5 Å². The van der Waals surface area contributed by atoms with E-state index in [1.807, 2.05) is 27.7 Å². The van der Waals surface area contributed by atoms with Crippen molar-refractivity contribution in [2.24, 2.45) is 11.8 Å². The van der Waals surface area contributed by atoms with Crippen molar-refractivity contribution in [2.45, 2.75) is 27.7 Å². The van der Waals surface area contributed by atoms with E-state index in [0.717, 1.165) is 0 Å². The van der Waals surface area contributed by atoms with Crippen molar-refractivity contribution in [1.29, 1.82) is 10.5 Å². The molecule has 4 aliphatic rings. The van der Waals surface area contributed by atoms with Crippen LogP contribution < -0.4 is 19.3 Å². The summed E-state index contributed by atoms with van der Waals surface area (Å²) < 4.78 is 11.4. The van der Waals surface area contributed by atoms with Gasteiger partial charge < -0.3 is 19.3 Å². The van der Waals surface area contributed by atoms with Gasteiger partial charge >= 0.3 is 11.9 Å². The molecule has 0 saturated carbocycles. The molecule has 0 aromatic heterocycles. The molecule has 2 amide bonds. The number of carbonyl (C=O) groups excluding carboxylic acids is 4. The van der Waals surface area contributed by atoms with Gasteiger partial charge in [0.25, 0.3) is 11.8 Å². The highest BCUT2D eigenvalue weighted by molar-refractivity contribution is 6.48. The molecule has 46 heavy (non-hydrogen) atoms. The largest absolute Gasteiger partial charge is 0.422 e. The fraction of sp³-hybridized carbons (Fsp3) is 0.222. The Morgan fingerprint density at radius 3 is 1.33 bits per heavy atom. The lowest BCUT2D eigenvalue weighted by molar-refractivity contribution is -0.127. The zero-order valence-electron chi connectivity index (χ0n) is 25.4. The summed E-state index contributed by atoms with van der Waals surface area (Å²) >= 11 is 0. The molecule has 3 aromatic carbocycles. The van der Waals surface area contributed by atoms with Crippen LogP contribution >= 0.6 is 0 Å². The molecule has 4 aliphatic heterocycles. The van der Waals surface area contributed by atoms with Gasteiger partial charge in [-0.25, -0.2) is 9.59 Å². The second-order valence-electron chi connectivity index (χ2n) is 12.4. The highest BCUT2D eigenvalue weighted by atomic mass is 16.5. The molecule has 0 aliphatic carbocycles. The van der Waals surface area contributed by atoms with Gasteiger partial charge in [0.15, 0.2) is 0 Å². The SMILES string of the molecule is CC(C)CN1C(=O)/C(=C2/C(=O)Oc3cc4c(cc32)OC(=O)/C4=C2/C(=O)N(CC(C)C)c3cc(C#N)ccc32)c2ccc(C#N)cc21. The standard InChI is InChI=1S/C36H26N4O6/c1-17(2)15-39-25-9-19(13-37)5-7-21(25)29(33(39)41)31-23-11-28-24(12-27(23)45-35(31)43)32(36(44)46-28)30-22-8-6-20(14-38)10-26(22)40(34(30)42)16-18(3)4/h5-12,17-18H,15-16H2,1-4H3/b31-29+,32-30+. The number of fused-ring (bicyclic) bond motifs is 4. The molecule has 3 aromatic rings. The minimum Gasteiger partial charge on any atom is -0.422 e. The number of anilines is 2. The van der Waals surface area contributed by atoms with E-state index in [2.05, 4.69) is 12.1 Å². The number of benzene rings is 3. The van der Waals surface area contributed by atoms with Crippen molar-refractivity contribution in [2.75, 3.05) is 22.9 Å². The molecule has 0 N–H and O–H groups in total. The average Bonchev–Trinajstić information content (AvgIpc) is 3.67. The van der Waals surface area contributed by atoms with E-state index in [4.69, 9.17) is 9.47 Å². The predicted molar refractivity (Wildman–Crippen MR) is 168 cm³/mol. The van der Waals surface area contributed by atoms with E-state index >= 15 is 0 Å². The highest BCUT2D eigenvalue weighted by Crippen LogP contribution is 2.52. The number of nitrogens with zero attached hydrogens (tertiary/aromatic N) is 4. The lowest BCUT2D eigenvalue weighted by Crippen LogP contribution is -2.30. The summed E-state index contributed by atoms with van der Waals surface area (Å²) in [7, 11) is 0. The smallest absolute Gasteiger partial charge is 0.345 e. The van der Waals surface area contributed by atoms with Crippen LogP contribution in [0.2, 0.25) is 0 Å². The fourth-order valence-electron chi connectivity index (χ4n) is 6.48. The molecule has 7 rings (SSSR count). The number of rotatable bonds is 4. The van der Waals surface area contributed by atoms with Crippen LogP contribution in [0.25, 0.3) is 22.3 Å². The molecular formula is C36H26N4O6. The normalized spacial score (nSPS) is 19.3. The van der Waals surface area contributed by atoms with Crippen LogP contribution in [0.1, 0.15) is 61.1 Å². The summed E-state index contributed by atoms with van der Waals surface area (Å²) in [4.78, 5) is 57.8. The molecule has 0 bridgehead atoms. The number of amides is 2. The molecule has 10 nitrogen and oxygen atoms in total. The summed E-state index contributed by atoms with van der Waals surface area (Å²) in [6, 6.07) is 16.9. The lowest BCUT2D eigenvalue weighted by Gasteiger charge is -2.19. The predicted octanol–water partition coefficient (Wildman–Crippen LogP) is 5.09. The molecule has 4 heterocycles. The van der Waals surface area contributed by atoms with E-state index in [1.54, 1.807) is 46.2 Å². The minimum absolute atomic E-state index is 0.0339. The molecular weight excluding hydrogens is 584 g/mol. The maximum atomic E-state index is 13.9. The summed E-state index contributed by atoms with van der Waals surface area (Å²) in [6.45, 7) is 8.61. The Kier molecular flexibility index (Phi) is 6.43. The van der Waals surface area contributed by atoms with Crippen LogP contribution in [0.5, 0.6) is 11.5 Å². The monoisotopic (exact) mass is 610 g/mol. The second-order valence-corrected chi connectivity index (χ2v) is 12.4. The van der Waals surface area contributed by atoms with E-state index in [1.165, 1.54) is 12.1 Å². The molecule has 10 heteroatoms. The lowest BCUT2D eigenvalue weighted by atomic mass is 9.92. The van der Waals surface area contributed by atoms with Crippen LogP contribution in [0.4, 0.5) is 11.4 Å². The Morgan fingerprint density at radius 1 is 0.587 bits per heavy atom. The summed E-state index contributed by atoms with van der Waals surface area (Å²) in [5.41, 5.74) is 3.74. The topological polar surface area (TPSA) is 141 Å². The number of hydrogen-bond acceptors (Lipinski definition) is 8. The van der Waals surface area contributed by atoms with Gasteiger partial charge in [-0.05, 0) is 48.2 Å². The molecule has 0 spiro atoms.